The Labute approximate surface area is 152 Å². The van der Waals surface area contributed by atoms with E-state index in [2.05, 4.69) is 27.7 Å². The van der Waals surface area contributed by atoms with E-state index in [4.69, 9.17) is 0 Å². The first-order chi connectivity index (χ1) is 11.2. The van der Waals surface area contributed by atoms with Gasteiger partial charge in [0.05, 0.1) is 5.00 Å². The molecule has 4 rings (SSSR count). The van der Waals surface area contributed by atoms with Gasteiger partial charge in [0.25, 0.3) is 0 Å². The number of hydrogen-bond donors (Lipinski definition) is 2. The van der Waals surface area contributed by atoms with Crippen LogP contribution in [0, 0.1) is 6.92 Å². The topological polar surface area (TPSA) is 44.4 Å². The molecule has 3 heterocycles. The number of urea groups is 1. The Bertz CT molecular complexity index is 746. The van der Waals surface area contributed by atoms with Crippen LogP contribution in [0.15, 0.2) is 29.6 Å². The monoisotopic (exact) mass is 363 g/mol. The van der Waals surface area contributed by atoms with Crippen molar-refractivity contribution in [1.29, 1.82) is 0 Å². The SMILES string of the molecule is Cc1ccsc1NC(=O)Nc1ccc2c(c1)C1CCCN1CC2.Cl. The van der Waals surface area contributed by atoms with Crippen molar-refractivity contribution in [2.45, 2.75) is 32.2 Å². The molecule has 1 aromatic heterocycles. The number of hydrogen-bond acceptors (Lipinski definition) is 3. The van der Waals surface area contributed by atoms with E-state index in [1.54, 1.807) is 11.3 Å². The highest BCUT2D eigenvalue weighted by Gasteiger charge is 2.31. The van der Waals surface area contributed by atoms with Crippen molar-refractivity contribution in [2.24, 2.45) is 0 Å². The van der Waals surface area contributed by atoms with E-state index in [-0.39, 0.29) is 18.4 Å². The summed E-state index contributed by atoms with van der Waals surface area (Å²) in [5.74, 6) is 0. The Morgan fingerprint density at radius 1 is 1.25 bits per heavy atom. The summed E-state index contributed by atoms with van der Waals surface area (Å²) in [6.07, 6.45) is 3.63. The molecule has 2 aromatic rings. The first-order valence-electron chi connectivity index (χ1n) is 8.20. The lowest BCUT2D eigenvalue weighted by atomic mass is 9.92. The Kier molecular flexibility index (Phi) is 5.13. The predicted octanol–water partition coefficient (Wildman–Crippen LogP) is 4.82. The van der Waals surface area contributed by atoms with Crippen LogP contribution in [0.5, 0.6) is 0 Å². The highest BCUT2D eigenvalue weighted by atomic mass is 35.5. The summed E-state index contributed by atoms with van der Waals surface area (Å²) in [5, 5.41) is 8.79. The Morgan fingerprint density at radius 2 is 2.12 bits per heavy atom. The van der Waals surface area contributed by atoms with E-state index in [1.807, 2.05) is 24.4 Å². The molecule has 1 unspecified atom stereocenters. The third-order valence-electron chi connectivity index (χ3n) is 4.88. The summed E-state index contributed by atoms with van der Waals surface area (Å²) in [6, 6.07) is 8.74. The van der Waals surface area contributed by atoms with Crippen LogP contribution in [0.1, 0.15) is 35.6 Å². The number of nitrogens with zero attached hydrogens (tertiary/aromatic N) is 1. The molecular formula is C18H22ClN3OS. The average molecular weight is 364 g/mol. The van der Waals surface area contributed by atoms with Gasteiger partial charge in [-0.25, -0.2) is 4.79 Å². The van der Waals surface area contributed by atoms with E-state index < -0.39 is 0 Å². The molecule has 1 atom stereocenters. The highest BCUT2D eigenvalue weighted by Crippen LogP contribution is 2.38. The lowest BCUT2D eigenvalue weighted by Crippen LogP contribution is -2.31. The lowest BCUT2D eigenvalue weighted by molar-refractivity contribution is 0.244. The van der Waals surface area contributed by atoms with Crippen molar-refractivity contribution in [2.75, 3.05) is 23.7 Å². The second kappa shape index (κ2) is 7.13. The molecule has 0 saturated carbocycles. The summed E-state index contributed by atoms with van der Waals surface area (Å²) < 4.78 is 0. The number of carbonyl (C=O) groups is 1. The summed E-state index contributed by atoms with van der Waals surface area (Å²) in [7, 11) is 0. The maximum Gasteiger partial charge on any atom is 0.324 e. The van der Waals surface area contributed by atoms with Crippen molar-refractivity contribution in [3.63, 3.8) is 0 Å². The molecule has 4 nitrogen and oxygen atoms in total. The number of anilines is 2. The molecule has 0 aliphatic carbocycles. The van der Waals surface area contributed by atoms with Crippen LogP contribution in [-0.2, 0) is 6.42 Å². The van der Waals surface area contributed by atoms with Crippen molar-refractivity contribution >= 4 is 40.5 Å². The van der Waals surface area contributed by atoms with E-state index in [9.17, 15) is 4.79 Å². The number of nitrogens with one attached hydrogen (secondary N) is 2. The largest absolute Gasteiger partial charge is 0.324 e. The molecule has 0 spiro atoms. The van der Waals surface area contributed by atoms with Crippen LogP contribution < -0.4 is 10.6 Å². The second-order valence-corrected chi connectivity index (χ2v) is 7.29. The Morgan fingerprint density at radius 3 is 2.92 bits per heavy atom. The molecular weight excluding hydrogens is 342 g/mol. The first-order valence-corrected chi connectivity index (χ1v) is 9.07. The zero-order chi connectivity index (χ0) is 15.8. The molecule has 1 aromatic carbocycles. The maximum absolute atomic E-state index is 12.2. The van der Waals surface area contributed by atoms with Gasteiger partial charge in [0.2, 0.25) is 0 Å². The number of aryl methyl sites for hydroxylation is 1. The van der Waals surface area contributed by atoms with Crippen molar-refractivity contribution in [1.82, 2.24) is 4.90 Å². The normalized spacial score (nSPS) is 19.1. The molecule has 128 valence electrons. The molecule has 0 radical (unpaired) electrons. The fourth-order valence-electron chi connectivity index (χ4n) is 3.69. The number of benzene rings is 1. The molecule has 2 N–H and O–H groups in total. The fourth-order valence-corrected chi connectivity index (χ4v) is 4.50. The van der Waals surface area contributed by atoms with Crippen LogP contribution in [0.3, 0.4) is 0 Å². The van der Waals surface area contributed by atoms with E-state index in [0.717, 1.165) is 22.7 Å². The van der Waals surface area contributed by atoms with Crippen molar-refractivity contribution in [3.8, 4) is 0 Å². The number of amides is 2. The summed E-state index contributed by atoms with van der Waals surface area (Å²) in [5.41, 5.74) is 4.81. The minimum Gasteiger partial charge on any atom is -0.308 e. The average Bonchev–Trinajstić information content (AvgIpc) is 3.17. The number of fused-ring (bicyclic) bond motifs is 3. The van der Waals surface area contributed by atoms with E-state index >= 15 is 0 Å². The van der Waals surface area contributed by atoms with Crippen LogP contribution >= 0.6 is 23.7 Å². The van der Waals surface area contributed by atoms with Crippen LogP contribution in [0.2, 0.25) is 0 Å². The molecule has 2 aliphatic heterocycles. The maximum atomic E-state index is 12.2. The van der Waals surface area contributed by atoms with Gasteiger partial charge < -0.3 is 5.32 Å². The van der Waals surface area contributed by atoms with Gasteiger partial charge in [-0.15, -0.1) is 23.7 Å². The Hall–Kier alpha value is -1.56. The van der Waals surface area contributed by atoms with Crippen LogP contribution in [0.4, 0.5) is 15.5 Å². The van der Waals surface area contributed by atoms with Gasteiger partial charge >= 0.3 is 6.03 Å². The van der Waals surface area contributed by atoms with Gasteiger partial charge in [-0.1, -0.05) is 6.07 Å². The van der Waals surface area contributed by atoms with Gasteiger partial charge in [-0.2, -0.15) is 0 Å². The number of halogens is 1. The summed E-state index contributed by atoms with van der Waals surface area (Å²) >= 11 is 1.55. The molecule has 24 heavy (non-hydrogen) atoms. The molecule has 6 heteroatoms. The van der Waals surface area contributed by atoms with E-state index in [0.29, 0.717) is 6.04 Å². The minimum absolute atomic E-state index is 0. The van der Waals surface area contributed by atoms with E-state index in [1.165, 1.54) is 37.1 Å². The third-order valence-corrected chi connectivity index (χ3v) is 5.82. The zero-order valence-corrected chi connectivity index (χ0v) is 15.3. The lowest BCUT2D eigenvalue weighted by Gasteiger charge is -2.32. The summed E-state index contributed by atoms with van der Waals surface area (Å²) in [6.45, 7) is 4.38. The quantitative estimate of drug-likeness (QED) is 0.803. The number of carbonyl (C=O) groups excluding carboxylic acids is 1. The first kappa shape index (κ1) is 17.3. The molecule has 2 aliphatic rings. The van der Waals surface area contributed by atoms with Crippen molar-refractivity contribution in [3.05, 3.63) is 46.3 Å². The molecule has 1 saturated heterocycles. The molecule has 1 fully saturated rings. The standard InChI is InChI=1S/C18H21N3OS.ClH/c1-12-7-10-23-17(12)20-18(22)19-14-5-4-13-6-9-21-8-2-3-16(21)15(13)11-14;/h4-5,7,10-11,16H,2-3,6,8-9H2,1H3,(H2,19,20,22);1H. The van der Waals surface area contributed by atoms with Gasteiger partial charge in [-0.3, -0.25) is 10.2 Å². The van der Waals surface area contributed by atoms with Gasteiger partial charge in [-0.05, 0) is 73.0 Å². The van der Waals surface area contributed by atoms with Crippen molar-refractivity contribution < 1.29 is 4.79 Å². The highest BCUT2D eigenvalue weighted by molar-refractivity contribution is 7.14. The zero-order valence-electron chi connectivity index (χ0n) is 13.7. The minimum atomic E-state index is -0.172. The molecule has 2 amide bonds. The van der Waals surface area contributed by atoms with Gasteiger partial charge in [0.15, 0.2) is 0 Å². The third kappa shape index (κ3) is 3.29. The fraction of sp³-hybridized carbons (Fsp3) is 0.389. The summed E-state index contributed by atoms with van der Waals surface area (Å²) in [4.78, 5) is 14.8. The van der Waals surface area contributed by atoms with Gasteiger partial charge in [0.1, 0.15) is 0 Å². The number of thiophene rings is 1. The predicted molar refractivity (Wildman–Crippen MR) is 103 cm³/mol. The van der Waals surface area contributed by atoms with Crippen LogP contribution in [0.25, 0.3) is 0 Å². The number of rotatable bonds is 2. The van der Waals surface area contributed by atoms with Crippen LogP contribution in [-0.4, -0.2) is 24.0 Å². The van der Waals surface area contributed by atoms with Gasteiger partial charge in [0, 0.05) is 18.3 Å². The smallest absolute Gasteiger partial charge is 0.308 e. The Balaban J connectivity index is 0.00000169. The second-order valence-electron chi connectivity index (χ2n) is 6.37. The molecule has 0 bridgehead atoms.